The Morgan fingerprint density at radius 1 is 1.41 bits per heavy atom. The molecule has 1 heterocycles. The first-order valence-corrected chi connectivity index (χ1v) is 7.25. The van der Waals surface area contributed by atoms with Crippen LogP contribution in [0.3, 0.4) is 0 Å². The van der Waals surface area contributed by atoms with Gasteiger partial charge in [-0.3, -0.25) is 0 Å². The van der Waals surface area contributed by atoms with Crippen LogP contribution < -0.4 is 5.73 Å². The smallest absolute Gasteiger partial charge is 0.243 e. The molecule has 96 valence electrons. The fourth-order valence-electron chi connectivity index (χ4n) is 1.75. The summed E-state index contributed by atoms with van der Waals surface area (Å²) >= 11 is 3.27. The fourth-order valence-corrected chi connectivity index (χ4v) is 3.86. The Morgan fingerprint density at radius 3 is 2.65 bits per heavy atom. The van der Waals surface area contributed by atoms with Crippen molar-refractivity contribution < 1.29 is 8.42 Å². The summed E-state index contributed by atoms with van der Waals surface area (Å²) in [6.45, 7) is 0.921. The molecule has 1 atom stereocenters. The van der Waals surface area contributed by atoms with Crippen LogP contribution in [0.1, 0.15) is 6.42 Å². The maximum absolute atomic E-state index is 12.2. The molecule has 0 unspecified atom stereocenters. The topological polar surface area (TPSA) is 63.4 Å². The minimum atomic E-state index is -3.37. The molecule has 0 aromatic heterocycles. The fraction of sp³-hybridized carbons (Fsp3) is 0.400. The summed E-state index contributed by atoms with van der Waals surface area (Å²) in [6, 6.07) is 6.69. The van der Waals surface area contributed by atoms with Crippen LogP contribution in [-0.2, 0) is 10.0 Å². The zero-order chi connectivity index (χ0) is 11.8. The van der Waals surface area contributed by atoms with Gasteiger partial charge in [0.2, 0.25) is 10.0 Å². The Balaban J connectivity index is 0.00000144. The molecule has 1 saturated heterocycles. The van der Waals surface area contributed by atoms with E-state index in [0.717, 1.165) is 10.9 Å². The van der Waals surface area contributed by atoms with Crippen LogP contribution in [0.25, 0.3) is 0 Å². The van der Waals surface area contributed by atoms with E-state index in [1.165, 1.54) is 4.31 Å². The van der Waals surface area contributed by atoms with E-state index in [4.69, 9.17) is 5.73 Å². The van der Waals surface area contributed by atoms with Crippen molar-refractivity contribution in [1.29, 1.82) is 0 Å². The average molecular weight is 342 g/mol. The SMILES string of the molecule is Cl.N[C@@H]1CCN(S(=O)(=O)c2cccc(Br)c2)C1. The molecule has 0 bridgehead atoms. The van der Waals surface area contributed by atoms with Crippen molar-refractivity contribution >= 4 is 38.4 Å². The van der Waals surface area contributed by atoms with E-state index >= 15 is 0 Å². The summed E-state index contributed by atoms with van der Waals surface area (Å²) < 4.78 is 26.6. The van der Waals surface area contributed by atoms with Gasteiger partial charge in [0, 0.05) is 23.6 Å². The zero-order valence-corrected chi connectivity index (χ0v) is 12.3. The van der Waals surface area contributed by atoms with Gasteiger partial charge < -0.3 is 5.73 Å². The summed E-state index contributed by atoms with van der Waals surface area (Å²) in [6.07, 6.45) is 0.729. The number of nitrogens with two attached hydrogens (primary N) is 1. The van der Waals surface area contributed by atoms with Crippen LogP contribution in [0.4, 0.5) is 0 Å². The summed E-state index contributed by atoms with van der Waals surface area (Å²) in [5, 5.41) is 0. The summed E-state index contributed by atoms with van der Waals surface area (Å²) in [4.78, 5) is 0.316. The van der Waals surface area contributed by atoms with E-state index in [0.29, 0.717) is 18.0 Å². The van der Waals surface area contributed by atoms with Crippen molar-refractivity contribution in [1.82, 2.24) is 4.31 Å². The summed E-state index contributed by atoms with van der Waals surface area (Å²) in [5.41, 5.74) is 5.71. The minimum absolute atomic E-state index is 0. The van der Waals surface area contributed by atoms with Crippen molar-refractivity contribution in [2.45, 2.75) is 17.4 Å². The molecule has 4 nitrogen and oxygen atoms in total. The molecular weight excluding hydrogens is 328 g/mol. The van der Waals surface area contributed by atoms with E-state index in [2.05, 4.69) is 15.9 Å². The number of hydrogen-bond acceptors (Lipinski definition) is 3. The maximum atomic E-state index is 12.2. The molecule has 0 spiro atoms. The molecule has 0 radical (unpaired) electrons. The largest absolute Gasteiger partial charge is 0.326 e. The lowest BCUT2D eigenvalue weighted by molar-refractivity contribution is 0.472. The first kappa shape index (κ1) is 14.9. The third kappa shape index (κ3) is 3.20. The van der Waals surface area contributed by atoms with E-state index in [1.54, 1.807) is 24.3 Å². The van der Waals surface area contributed by atoms with Crippen LogP contribution in [0.2, 0.25) is 0 Å². The Kier molecular flexibility index (Phi) is 4.97. The van der Waals surface area contributed by atoms with Gasteiger partial charge in [-0.2, -0.15) is 4.31 Å². The third-order valence-corrected chi connectivity index (χ3v) is 4.98. The highest BCUT2D eigenvalue weighted by molar-refractivity contribution is 9.10. The van der Waals surface area contributed by atoms with Gasteiger partial charge in [-0.1, -0.05) is 22.0 Å². The minimum Gasteiger partial charge on any atom is -0.326 e. The molecule has 0 aliphatic carbocycles. The van der Waals surface area contributed by atoms with Crippen LogP contribution in [0.15, 0.2) is 33.6 Å². The second-order valence-electron chi connectivity index (χ2n) is 3.87. The second-order valence-corrected chi connectivity index (χ2v) is 6.72. The van der Waals surface area contributed by atoms with Gasteiger partial charge in [-0.25, -0.2) is 8.42 Å². The van der Waals surface area contributed by atoms with Crippen molar-refractivity contribution in [2.24, 2.45) is 5.73 Å². The predicted molar refractivity (Wildman–Crippen MR) is 72.7 cm³/mol. The van der Waals surface area contributed by atoms with Crippen LogP contribution in [0.5, 0.6) is 0 Å². The third-order valence-electron chi connectivity index (χ3n) is 2.62. The van der Waals surface area contributed by atoms with Gasteiger partial charge in [-0.15, -0.1) is 12.4 Å². The van der Waals surface area contributed by atoms with Gasteiger partial charge in [0.1, 0.15) is 0 Å². The summed E-state index contributed by atoms with van der Waals surface area (Å²) in [5.74, 6) is 0. The van der Waals surface area contributed by atoms with Gasteiger partial charge in [0.25, 0.3) is 0 Å². The number of rotatable bonds is 2. The zero-order valence-electron chi connectivity index (χ0n) is 9.04. The van der Waals surface area contributed by atoms with E-state index in [1.807, 2.05) is 0 Å². The standard InChI is InChI=1S/C10H13BrN2O2S.ClH/c11-8-2-1-3-10(6-8)16(14,15)13-5-4-9(12)7-13;/h1-3,6,9H,4-5,7,12H2;1H/t9-;/m1./s1. The quantitative estimate of drug-likeness (QED) is 0.888. The molecule has 1 aliphatic heterocycles. The van der Waals surface area contributed by atoms with Crippen molar-refractivity contribution in [3.63, 3.8) is 0 Å². The molecule has 1 aromatic rings. The lowest BCUT2D eigenvalue weighted by Gasteiger charge is -2.15. The lowest BCUT2D eigenvalue weighted by atomic mass is 10.3. The summed E-state index contributed by atoms with van der Waals surface area (Å²) in [7, 11) is -3.37. The van der Waals surface area contributed by atoms with Crippen molar-refractivity contribution in [3.05, 3.63) is 28.7 Å². The number of sulfonamides is 1. The number of halogens is 2. The predicted octanol–water partition coefficient (Wildman–Crippen LogP) is 1.59. The van der Waals surface area contributed by atoms with Gasteiger partial charge >= 0.3 is 0 Å². The second kappa shape index (κ2) is 5.67. The average Bonchev–Trinajstić information content (AvgIpc) is 2.65. The van der Waals surface area contributed by atoms with Crippen molar-refractivity contribution in [2.75, 3.05) is 13.1 Å². The van der Waals surface area contributed by atoms with E-state index < -0.39 is 10.0 Å². The van der Waals surface area contributed by atoms with Crippen molar-refractivity contribution in [3.8, 4) is 0 Å². The maximum Gasteiger partial charge on any atom is 0.243 e. The molecule has 2 N–H and O–H groups in total. The number of nitrogens with zero attached hydrogens (tertiary/aromatic N) is 1. The molecular formula is C10H14BrClN2O2S. The molecule has 0 saturated carbocycles. The molecule has 17 heavy (non-hydrogen) atoms. The van der Waals surface area contributed by atoms with Gasteiger partial charge in [-0.05, 0) is 24.6 Å². The van der Waals surface area contributed by atoms with Gasteiger partial charge in [0.15, 0.2) is 0 Å². The van der Waals surface area contributed by atoms with E-state index in [9.17, 15) is 8.42 Å². The first-order valence-electron chi connectivity index (χ1n) is 5.01. The van der Waals surface area contributed by atoms with Crippen LogP contribution in [-0.4, -0.2) is 31.9 Å². The number of benzene rings is 1. The van der Waals surface area contributed by atoms with Crippen LogP contribution in [0, 0.1) is 0 Å². The number of hydrogen-bond donors (Lipinski definition) is 1. The first-order chi connectivity index (χ1) is 7.50. The normalized spacial score (nSPS) is 21.2. The Hall–Kier alpha value is -0.140. The molecule has 1 aliphatic rings. The highest BCUT2D eigenvalue weighted by Crippen LogP contribution is 2.22. The lowest BCUT2D eigenvalue weighted by Crippen LogP contribution is -2.31. The van der Waals surface area contributed by atoms with Crippen LogP contribution >= 0.6 is 28.3 Å². The molecule has 7 heteroatoms. The highest BCUT2D eigenvalue weighted by atomic mass is 79.9. The molecule has 2 rings (SSSR count). The molecule has 0 amide bonds. The molecule has 1 fully saturated rings. The Bertz CT molecular complexity index is 495. The van der Waals surface area contributed by atoms with E-state index in [-0.39, 0.29) is 18.4 Å². The Morgan fingerprint density at radius 2 is 2.12 bits per heavy atom. The monoisotopic (exact) mass is 340 g/mol. The van der Waals surface area contributed by atoms with Gasteiger partial charge in [0.05, 0.1) is 4.90 Å². The highest BCUT2D eigenvalue weighted by Gasteiger charge is 2.30. The Labute approximate surface area is 116 Å². The molecule has 1 aromatic carbocycles.